The molecule has 0 unspecified atom stereocenters. The number of rotatable bonds is 3. The van der Waals surface area contributed by atoms with E-state index in [1.807, 2.05) is 0 Å². The minimum atomic E-state index is -0.695. The molecular formula is C11H15NO3. The summed E-state index contributed by atoms with van der Waals surface area (Å²) in [6.07, 6.45) is 1.66. The van der Waals surface area contributed by atoms with Crippen molar-refractivity contribution in [2.75, 3.05) is 7.11 Å². The van der Waals surface area contributed by atoms with Crippen LogP contribution in [0.2, 0.25) is 0 Å². The van der Waals surface area contributed by atoms with Crippen LogP contribution in [0.3, 0.4) is 0 Å². The molecule has 4 heteroatoms. The maximum atomic E-state index is 11.4. The molecule has 0 saturated carbocycles. The lowest BCUT2D eigenvalue weighted by molar-refractivity contribution is -0.151. The Kier molecular flexibility index (Phi) is 3.29. The van der Waals surface area contributed by atoms with Gasteiger partial charge in [-0.3, -0.25) is 9.59 Å². The molecule has 0 aromatic carbocycles. The summed E-state index contributed by atoms with van der Waals surface area (Å²) in [4.78, 5) is 22.8. The molecule has 0 radical (unpaired) electrons. The van der Waals surface area contributed by atoms with Crippen LogP contribution >= 0.6 is 0 Å². The lowest BCUT2D eigenvalue weighted by Crippen LogP contribution is -2.34. The smallest absolute Gasteiger partial charge is 0.313 e. The van der Waals surface area contributed by atoms with Crippen molar-refractivity contribution < 1.29 is 9.53 Å². The summed E-state index contributed by atoms with van der Waals surface area (Å²) in [5, 5.41) is 0. The summed E-state index contributed by atoms with van der Waals surface area (Å²) in [7, 11) is 1.35. The second-order valence-electron chi connectivity index (χ2n) is 4.04. The first-order valence-electron chi connectivity index (χ1n) is 4.71. The fraction of sp³-hybridized carbons (Fsp3) is 0.455. The molecule has 0 saturated heterocycles. The van der Waals surface area contributed by atoms with Gasteiger partial charge >= 0.3 is 5.97 Å². The highest BCUT2D eigenvalue weighted by molar-refractivity contribution is 5.75. The summed E-state index contributed by atoms with van der Waals surface area (Å²) >= 11 is 0. The molecule has 1 aromatic heterocycles. The highest BCUT2D eigenvalue weighted by atomic mass is 16.5. The molecule has 1 aromatic rings. The number of hydrogen-bond donors (Lipinski definition) is 0. The Bertz CT molecular complexity index is 406. The number of methoxy groups -OCH3 is 1. The number of ether oxygens (including phenoxy) is 1. The van der Waals surface area contributed by atoms with Crippen LogP contribution in [-0.4, -0.2) is 17.6 Å². The Labute approximate surface area is 88.5 Å². The molecule has 4 nitrogen and oxygen atoms in total. The number of carbonyl (C=O) groups excluding carboxylic acids is 1. The molecule has 15 heavy (non-hydrogen) atoms. The third kappa shape index (κ3) is 2.68. The van der Waals surface area contributed by atoms with Crippen molar-refractivity contribution in [3.05, 3.63) is 34.7 Å². The van der Waals surface area contributed by atoms with Gasteiger partial charge in [-0.05, 0) is 19.9 Å². The largest absolute Gasteiger partial charge is 0.469 e. The minimum absolute atomic E-state index is 0.116. The van der Waals surface area contributed by atoms with Gasteiger partial charge < -0.3 is 9.30 Å². The number of pyridine rings is 1. The van der Waals surface area contributed by atoms with Gasteiger partial charge in [0.2, 0.25) is 0 Å². The molecule has 0 spiro atoms. The zero-order valence-electron chi connectivity index (χ0n) is 9.19. The van der Waals surface area contributed by atoms with E-state index in [4.69, 9.17) is 0 Å². The second-order valence-corrected chi connectivity index (χ2v) is 4.04. The van der Waals surface area contributed by atoms with Gasteiger partial charge in [0.25, 0.3) is 5.56 Å². The highest BCUT2D eigenvalue weighted by Gasteiger charge is 2.29. The fourth-order valence-electron chi connectivity index (χ4n) is 1.36. The second kappa shape index (κ2) is 4.29. The Hall–Kier alpha value is -1.58. The monoisotopic (exact) mass is 209 g/mol. The zero-order valence-corrected chi connectivity index (χ0v) is 9.19. The van der Waals surface area contributed by atoms with Gasteiger partial charge in [-0.15, -0.1) is 0 Å². The van der Waals surface area contributed by atoms with Crippen molar-refractivity contribution in [1.82, 2.24) is 4.57 Å². The van der Waals surface area contributed by atoms with Gasteiger partial charge in [0.1, 0.15) is 0 Å². The van der Waals surface area contributed by atoms with E-state index in [9.17, 15) is 9.59 Å². The third-order valence-corrected chi connectivity index (χ3v) is 2.20. The normalized spacial score (nSPS) is 11.1. The maximum Gasteiger partial charge on any atom is 0.313 e. The van der Waals surface area contributed by atoms with E-state index in [0.717, 1.165) is 0 Å². The van der Waals surface area contributed by atoms with Crippen molar-refractivity contribution in [2.45, 2.75) is 20.4 Å². The molecule has 1 heterocycles. The first-order valence-corrected chi connectivity index (χ1v) is 4.71. The van der Waals surface area contributed by atoms with E-state index < -0.39 is 5.41 Å². The zero-order chi connectivity index (χ0) is 11.5. The molecule has 0 aliphatic heterocycles. The van der Waals surface area contributed by atoms with Crippen LogP contribution in [0.4, 0.5) is 0 Å². The number of carbonyl (C=O) groups is 1. The summed E-state index contributed by atoms with van der Waals surface area (Å²) in [6, 6.07) is 4.89. The molecule has 82 valence electrons. The van der Waals surface area contributed by atoms with Gasteiger partial charge in [-0.2, -0.15) is 0 Å². The average molecular weight is 209 g/mol. The number of aromatic nitrogens is 1. The number of esters is 1. The first kappa shape index (κ1) is 11.5. The predicted molar refractivity (Wildman–Crippen MR) is 56.5 cm³/mol. The van der Waals surface area contributed by atoms with Crippen LogP contribution in [0.15, 0.2) is 29.2 Å². The average Bonchev–Trinajstić information content (AvgIpc) is 2.20. The Balaban J connectivity index is 2.91. The van der Waals surface area contributed by atoms with Gasteiger partial charge in [0.05, 0.1) is 12.5 Å². The molecule has 0 atom stereocenters. The topological polar surface area (TPSA) is 48.3 Å². The molecular weight excluding hydrogens is 194 g/mol. The predicted octanol–water partition coefficient (Wildman–Crippen LogP) is 1.05. The van der Waals surface area contributed by atoms with Gasteiger partial charge in [0.15, 0.2) is 0 Å². The van der Waals surface area contributed by atoms with Crippen molar-refractivity contribution >= 4 is 5.97 Å². The van der Waals surface area contributed by atoms with Crippen molar-refractivity contribution in [1.29, 1.82) is 0 Å². The van der Waals surface area contributed by atoms with Crippen molar-refractivity contribution in [3.8, 4) is 0 Å². The molecule has 0 amide bonds. The van der Waals surface area contributed by atoms with Crippen molar-refractivity contribution in [3.63, 3.8) is 0 Å². The summed E-state index contributed by atoms with van der Waals surface area (Å²) in [6.45, 7) is 3.82. The summed E-state index contributed by atoms with van der Waals surface area (Å²) < 4.78 is 6.17. The minimum Gasteiger partial charge on any atom is -0.469 e. The maximum absolute atomic E-state index is 11.4. The van der Waals surface area contributed by atoms with Crippen LogP contribution in [0.5, 0.6) is 0 Å². The third-order valence-electron chi connectivity index (χ3n) is 2.20. The summed E-state index contributed by atoms with van der Waals surface area (Å²) in [5.74, 6) is -0.321. The molecule has 0 N–H and O–H groups in total. The highest BCUT2D eigenvalue weighted by Crippen LogP contribution is 2.18. The lowest BCUT2D eigenvalue weighted by atomic mass is 9.93. The van der Waals surface area contributed by atoms with Gasteiger partial charge in [-0.1, -0.05) is 6.07 Å². The molecule has 0 fully saturated rings. The van der Waals surface area contributed by atoms with Crippen LogP contribution in [0, 0.1) is 5.41 Å². The lowest BCUT2D eigenvalue weighted by Gasteiger charge is -2.22. The van der Waals surface area contributed by atoms with Crippen LogP contribution in [-0.2, 0) is 16.1 Å². The standard InChI is InChI=1S/C11H15NO3/c1-11(2,10(14)15-3)8-12-7-5-4-6-9(12)13/h4-7H,8H2,1-3H3. The van der Waals surface area contributed by atoms with E-state index in [2.05, 4.69) is 4.74 Å². The van der Waals surface area contributed by atoms with E-state index in [0.29, 0.717) is 6.54 Å². The molecule has 0 aliphatic rings. The van der Waals surface area contributed by atoms with Crippen LogP contribution in [0.25, 0.3) is 0 Å². The Morgan fingerprint density at radius 3 is 2.67 bits per heavy atom. The molecule has 0 aliphatic carbocycles. The van der Waals surface area contributed by atoms with Crippen molar-refractivity contribution in [2.24, 2.45) is 5.41 Å². The fourth-order valence-corrected chi connectivity index (χ4v) is 1.36. The van der Waals surface area contributed by atoms with E-state index in [1.165, 1.54) is 17.7 Å². The Morgan fingerprint density at radius 2 is 2.13 bits per heavy atom. The van der Waals surface area contributed by atoms with Gasteiger partial charge in [0, 0.05) is 18.8 Å². The first-order chi connectivity index (χ1) is 6.97. The van der Waals surface area contributed by atoms with E-state index in [1.54, 1.807) is 32.2 Å². The molecule has 0 bridgehead atoms. The van der Waals surface area contributed by atoms with E-state index >= 15 is 0 Å². The van der Waals surface area contributed by atoms with E-state index in [-0.39, 0.29) is 11.5 Å². The molecule has 1 rings (SSSR count). The SMILES string of the molecule is COC(=O)C(C)(C)Cn1ccccc1=O. The van der Waals surface area contributed by atoms with Crippen LogP contribution in [0.1, 0.15) is 13.8 Å². The Morgan fingerprint density at radius 1 is 1.47 bits per heavy atom. The number of nitrogens with zero attached hydrogens (tertiary/aromatic N) is 1. The quantitative estimate of drug-likeness (QED) is 0.699. The van der Waals surface area contributed by atoms with Gasteiger partial charge in [-0.25, -0.2) is 0 Å². The van der Waals surface area contributed by atoms with Crippen LogP contribution < -0.4 is 5.56 Å². The summed E-state index contributed by atoms with van der Waals surface area (Å²) in [5.41, 5.74) is -0.811. The number of hydrogen-bond acceptors (Lipinski definition) is 3.